The second-order valence-corrected chi connectivity index (χ2v) is 6.18. The summed E-state index contributed by atoms with van der Waals surface area (Å²) in [6, 6.07) is 0.797. The van der Waals surface area contributed by atoms with Gasteiger partial charge in [0, 0.05) is 11.3 Å². The molecule has 0 amide bonds. The van der Waals surface area contributed by atoms with Gasteiger partial charge in [0.1, 0.15) is 0 Å². The maximum atomic E-state index is 3.73. The van der Waals surface area contributed by atoms with E-state index in [9.17, 15) is 0 Å². The third-order valence-corrected chi connectivity index (χ3v) is 4.83. The van der Waals surface area contributed by atoms with Gasteiger partial charge in [-0.3, -0.25) is 0 Å². The van der Waals surface area contributed by atoms with Crippen LogP contribution in [0.5, 0.6) is 0 Å². The highest BCUT2D eigenvalue weighted by Crippen LogP contribution is 2.36. The van der Waals surface area contributed by atoms with Gasteiger partial charge in [0.25, 0.3) is 0 Å². The summed E-state index contributed by atoms with van der Waals surface area (Å²) in [5, 5.41) is 4.57. The topological polar surface area (TPSA) is 12.0 Å². The molecule has 1 saturated heterocycles. The Morgan fingerprint density at radius 1 is 1.38 bits per heavy atom. The fourth-order valence-corrected chi connectivity index (χ4v) is 3.40. The van der Waals surface area contributed by atoms with Gasteiger partial charge in [0.2, 0.25) is 0 Å². The normalized spacial score (nSPS) is 36.5. The number of hydrogen-bond donors (Lipinski definition) is 1. The lowest BCUT2D eigenvalue weighted by molar-refractivity contribution is 0.413. The number of thioether (sulfide) groups is 1. The monoisotopic (exact) mass is 199 g/mol. The molecule has 0 aromatic rings. The highest BCUT2D eigenvalue weighted by atomic mass is 32.2. The van der Waals surface area contributed by atoms with Crippen molar-refractivity contribution in [2.24, 2.45) is 11.8 Å². The molecule has 1 heterocycles. The molecule has 2 fully saturated rings. The Labute approximate surface area is 86.0 Å². The maximum Gasteiger partial charge on any atom is 0.0191 e. The molecular formula is C11H21NS. The van der Waals surface area contributed by atoms with E-state index in [1.54, 1.807) is 0 Å². The van der Waals surface area contributed by atoms with E-state index < -0.39 is 0 Å². The molecule has 0 bridgehead atoms. The van der Waals surface area contributed by atoms with Gasteiger partial charge >= 0.3 is 0 Å². The minimum absolute atomic E-state index is 0.797. The van der Waals surface area contributed by atoms with Crippen molar-refractivity contribution in [1.29, 1.82) is 0 Å². The standard InChI is InChI=1S/C11H21NS/c1-8(10-3-4-10)7-12-11-5-6-13-9(11)2/h8-12H,3-7H2,1-2H3. The third kappa shape index (κ3) is 2.63. The number of hydrogen-bond acceptors (Lipinski definition) is 2. The minimum Gasteiger partial charge on any atom is -0.313 e. The van der Waals surface area contributed by atoms with Crippen LogP contribution < -0.4 is 5.32 Å². The average Bonchev–Trinajstić information content (AvgIpc) is 2.88. The zero-order chi connectivity index (χ0) is 9.26. The summed E-state index contributed by atoms with van der Waals surface area (Å²) >= 11 is 2.12. The molecule has 1 aliphatic heterocycles. The van der Waals surface area contributed by atoms with Gasteiger partial charge in [-0.05, 0) is 43.4 Å². The highest BCUT2D eigenvalue weighted by molar-refractivity contribution is 8.00. The molecule has 13 heavy (non-hydrogen) atoms. The lowest BCUT2D eigenvalue weighted by atomic mass is 10.1. The second kappa shape index (κ2) is 4.22. The summed E-state index contributed by atoms with van der Waals surface area (Å²) in [7, 11) is 0. The van der Waals surface area contributed by atoms with Crippen LogP contribution in [0.2, 0.25) is 0 Å². The molecule has 1 nitrogen and oxygen atoms in total. The van der Waals surface area contributed by atoms with E-state index in [-0.39, 0.29) is 0 Å². The summed E-state index contributed by atoms with van der Waals surface area (Å²) in [6.45, 7) is 6.01. The Kier molecular flexibility index (Phi) is 3.20. The largest absolute Gasteiger partial charge is 0.313 e. The summed E-state index contributed by atoms with van der Waals surface area (Å²) in [4.78, 5) is 0. The average molecular weight is 199 g/mol. The molecule has 1 N–H and O–H groups in total. The third-order valence-electron chi connectivity index (χ3n) is 3.50. The van der Waals surface area contributed by atoms with Crippen molar-refractivity contribution in [2.45, 2.75) is 44.4 Å². The SMILES string of the molecule is CC(CNC1CCSC1C)C1CC1. The molecule has 1 aliphatic carbocycles. The maximum absolute atomic E-state index is 3.73. The first-order chi connectivity index (χ1) is 6.27. The fourth-order valence-electron chi connectivity index (χ4n) is 2.17. The molecule has 0 radical (unpaired) electrons. The van der Waals surface area contributed by atoms with Crippen LogP contribution in [0.15, 0.2) is 0 Å². The lowest BCUT2D eigenvalue weighted by Gasteiger charge is -2.19. The van der Waals surface area contributed by atoms with E-state index in [2.05, 4.69) is 30.9 Å². The van der Waals surface area contributed by atoms with Crippen LogP contribution in [0.25, 0.3) is 0 Å². The first-order valence-corrected chi connectivity index (χ1v) is 6.67. The Morgan fingerprint density at radius 2 is 2.15 bits per heavy atom. The van der Waals surface area contributed by atoms with Gasteiger partial charge in [0.15, 0.2) is 0 Å². The highest BCUT2D eigenvalue weighted by Gasteiger charge is 2.29. The van der Waals surface area contributed by atoms with E-state index in [1.165, 1.54) is 31.6 Å². The van der Waals surface area contributed by atoms with Gasteiger partial charge in [0.05, 0.1) is 0 Å². The molecule has 2 heteroatoms. The van der Waals surface area contributed by atoms with Crippen LogP contribution in [-0.2, 0) is 0 Å². The second-order valence-electron chi connectivity index (χ2n) is 4.69. The molecule has 1 saturated carbocycles. The minimum atomic E-state index is 0.797. The molecule has 3 unspecified atom stereocenters. The Balaban J connectivity index is 1.66. The number of rotatable bonds is 4. The summed E-state index contributed by atoms with van der Waals surface area (Å²) in [6.07, 6.45) is 4.35. The van der Waals surface area contributed by atoms with Crippen LogP contribution in [0.4, 0.5) is 0 Å². The van der Waals surface area contributed by atoms with E-state index in [4.69, 9.17) is 0 Å². The summed E-state index contributed by atoms with van der Waals surface area (Å²) in [5.41, 5.74) is 0. The van der Waals surface area contributed by atoms with Crippen LogP contribution in [0.1, 0.15) is 33.1 Å². The van der Waals surface area contributed by atoms with Gasteiger partial charge < -0.3 is 5.32 Å². The van der Waals surface area contributed by atoms with E-state index in [0.29, 0.717) is 0 Å². The molecule has 2 rings (SSSR count). The Hall–Kier alpha value is 0.310. The van der Waals surface area contributed by atoms with Crippen molar-refractivity contribution in [3.05, 3.63) is 0 Å². The quantitative estimate of drug-likeness (QED) is 0.746. The van der Waals surface area contributed by atoms with Crippen LogP contribution >= 0.6 is 11.8 Å². The molecule has 2 aliphatic rings. The molecular weight excluding hydrogens is 178 g/mol. The number of nitrogens with one attached hydrogen (secondary N) is 1. The van der Waals surface area contributed by atoms with Crippen molar-refractivity contribution in [3.8, 4) is 0 Å². The first kappa shape index (κ1) is 9.85. The van der Waals surface area contributed by atoms with Crippen molar-refractivity contribution in [2.75, 3.05) is 12.3 Å². The lowest BCUT2D eigenvalue weighted by Crippen LogP contribution is -2.36. The molecule has 0 spiro atoms. The van der Waals surface area contributed by atoms with Crippen molar-refractivity contribution in [3.63, 3.8) is 0 Å². The smallest absolute Gasteiger partial charge is 0.0191 e. The van der Waals surface area contributed by atoms with Crippen LogP contribution in [-0.4, -0.2) is 23.6 Å². The predicted molar refractivity (Wildman–Crippen MR) is 60.2 cm³/mol. The fraction of sp³-hybridized carbons (Fsp3) is 1.00. The van der Waals surface area contributed by atoms with E-state index >= 15 is 0 Å². The van der Waals surface area contributed by atoms with Crippen molar-refractivity contribution in [1.82, 2.24) is 5.32 Å². The zero-order valence-corrected chi connectivity index (χ0v) is 9.57. The summed E-state index contributed by atoms with van der Waals surface area (Å²) < 4.78 is 0. The van der Waals surface area contributed by atoms with Gasteiger partial charge in [-0.15, -0.1) is 0 Å². The van der Waals surface area contributed by atoms with E-state index in [1.807, 2.05) is 0 Å². The molecule has 3 atom stereocenters. The van der Waals surface area contributed by atoms with Gasteiger partial charge in [-0.2, -0.15) is 11.8 Å². The van der Waals surface area contributed by atoms with E-state index in [0.717, 1.165) is 23.1 Å². The van der Waals surface area contributed by atoms with Gasteiger partial charge in [-0.25, -0.2) is 0 Å². The zero-order valence-electron chi connectivity index (χ0n) is 8.75. The van der Waals surface area contributed by atoms with Crippen molar-refractivity contribution >= 4 is 11.8 Å². The molecule has 76 valence electrons. The van der Waals surface area contributed by atoms with Crippen LogP contribution in [0, 0.1) is 11.8 Å². The van der Waals surface area contributed by atoms with Gasteiger partial charge in [-0.1, -0.05) is 13.8 Å². The summed E-state index contributed by atoms with van der Waals surface area (Å²) in [5.74, 6) is 3.33. The Morgan fingerprint density at radius 3 is 2.69 bits per heavy atom. The van der Waals surface area contributed by atoms with Crippen LogP contribution in [0.3, 0.4) is 0 Å². The first-order valence-electron chi connectivity index (χ1n) is 5.62. The molecule has 0 aromatic carbocycles. The predicted octanol–water partition coefficient (Wildman–Crippen LogP) is 2.52. The molecule has 0 aromatic heterocycles. The van der Waals surface area contributed by atoms with Crippen molar-refractivity contribution < 1.29 is 0 Å². The Bertz CT molecular complexity index is 167.